The smallest absolute Gasteiger partial charge is 0.759 e. The van der Waals surface area contributed by atoms with E-state index in [1.165, 1.54) is 0 Å². The fourth-order valence-corrected chi connectivity index (χ4v) is 0. The quantitative estimate of drug-likeness (QED) is 0.165. The van der Waals surface area contributed by atoms with Crippen LogP contribution in [-0.2, 0) is 31.2 Å². The normalized spacial score (nSPS) is 6.96. The Morgan fingerprint density at radius 1 is 0.320 bits per heavy atom. The van der Waals surface area contributed by atoms with Gasteiger partial charge in [0.2, 0.25) is 0 Å². The summed E-state index contributed by atoms with van der Waals surface area (Å²) in [6.07, 6.45) is 0. The van der Waals surface area contributed by atoms with E-state index >= 15 is 0 Å². The van der Waals surface area contributed by atoms with Crippen molar-refractivity contribution >= 4 is 31.2 Å². The molecule has 0 aromatic rings. The summed E-state index contributed by atoms with van der Waals surface area (Å²) in [5.74, 6) is 0. The van der Waals surface area contributed by atoms with Gasteiger partial charge in [-0.3, -0.25) is 25.3 Å². The van der Waals surface area contributed by atoms with Crippen molar-refractivity contribution in [2.45, 2.75) is 0 Å². The molecule has 0 amide bonds. The van der Waals surface area contributed by atoms with Crippen LogP contribution >= 0.6 is 0 Å². The van der Waals surface area contributed by atoms with E-state index < -0.39 is 31.2 Å². The van der Waals surface area contributed by atoms with E-state index in [4.69, 9.17) is 52.6 Å². The number of rotatable bonds is 0. The van der Waals surface area contributed by atoms with Crippen LogP contribution in [0.1, 0.15) is 0 Å². The zero-order chi connectivity index (χ0) is 13.5. The minimum absolute atomic E-state index is 0. The molecule has 0 aromatic heterocycles. The topological polar surface area (TPSA) is 493 Å². The predicted molar refractivity (Wildman–Crippen MR) is 60.3 cm³/mol. The Labute approximate surface area is 222 Å². The first kappa shape index (κ1) is 92.0. The van der Waals surface area contributed by atoms with Crippen LogP contribution in [0.4, 0.5) is 0 Å². The van der Waals surface area contributed by atoms with Crippen molar-refractivity contribution in [2.24, 2.45) is 0 Å². The zero-order valence-corrected chi connectivity index (χ0v) is 18.2. The van der Waals surface area contributed by atoms with Gasteiger partial charge in [-0.15, -0.1) is 0 Å². The van der Waals surface area contributed by atoms with Crippen molar-refractivity contribution in [1.82, 2.24) is 0 Å². The van der Waals surface area contributed by atoms with E-state index in [1.54, 1.807) is 0 Å². The van der Waals surface area contributed by atoms with E-state index in [2.05, 4.69) is 0 Å². The standard InChI is InChI=1S/2Eu.3H2O4S.8H2O/c;;3*1-5(2,3)4;;;;;;;;/h;;3*(H2,1,2,3,4);8*1H2/q2*+3;;;;;;;;;;;/p-6. The first-order valence-electron chi connectivity index (χ1n) is 2.00. The molecule has 20 nitrogen and oxygen atoms in total. The molecular weight excluding hydrogens is 720 g/mol. The molecule has 0 atom stereocenters. The molecule has 0 fully saturated rings. The monoisotopic (exact) mass is 738 g/mol. The molecule has 0 saturated heterocycles. The maximum Gasteiger partial charge on any atom is 3.00 e. The molecule has 0 unspecified atom stereocenters. The second-order valence-electron chi connectivity index (χ2n) is 1.22. The summed E-state index contributed by atoms with van der Waals surface area (Å²) in [5.41, 5.74) is 0. The summed E-state index contributed by atoms with van der Waals surface area (Å²) >= 11 is 0. The Balaban J connectivity index is -0.00000000655. The Hall–Kier alpha value is 2.46. The van der Waals surface area contributed by atoms with Crippen molar-refractivity contribution in [3.8, 4) is 0 Å². The molecule has 16 N–H and O–H groups in total. The van der Waals surface area contributed by atoms with Crippen LogP contribution in [0.3, 0.4) is 0 Å². The van der Waals surface area contributed by atoms with Crippen molar-refractivity contribution in [3.05, 3.63) is 0 Å². The van der Waals surface area contributed by atoms with Crippen LogP contribution in [0.25, 0.3) is 0 Å². The molecular formula is H16Eu2O20S3. The summed E-state index contributed by atoms with van der Waals surface area (Å²) in [5, 5.41) is 0. The Morgan fingerprint density at radius 3 is 0.320 bits per heavy atom. The Bertz CT molecular complexity index is 344. The first-order chi connectivity index (χ1) is 6.00. The van der Waals surface area contributed by atoms with Crippen molar-refractivity contribution in [2.75, 3.05) is 0 Å². The van der Waals surface area contributed by atoms with Crippen molar-refractivity contribution < 1.29 is 195 Å². The molecule has 0 radical (unpaired) electrons. The van der Waals surface area contributed by atoms with Gasteiger partial charge in [0, 0.05) is 31.2 Å². The van der Waals surface area contributed by atoms with Gasteiger partial charge < -0.3 is 71.1 Å². The molecule has 0 aliphatic carbocycles. The summed E-state index contributed by atoms with van der Waals surface area (Å²) < 4.78 is 102. The van der Waals surface area contributed by atoms with Crippen LogP contribution in [0.15, 0.2) is 0 Å². The molecule has 0 rings (SSSR count). The van der Waals surface area contributed by atoms with Crippen molar-refractivity contribution in [1.29, 1.82) is 0 Å². The van der Waals surface area contributed by atoms with Gasteiger partial charge in [0.1, 0.15) is 0 Å². The Kier molecular flexibility index (Phi) is 151. The molecule has 0 bridgehead atoms. The molecule has 168 valence electrons. The largest absolute Gasteiger partial charge is 3.00 e. The molecule has 0 heterocycles. The van der Waals surface area contributed by atoms with Gasteiger partial charge in [0.15, 0.2) is 0 Å². The van der Waals surface area contributed by atoms with E-state index in [0.717, 1.165) is 0 Å². The average Bonchev–Trinajstić information content (AvgIpc) is 1.41. The molecule has 0 spiro atoms. The van der Waals surface area contributed by atoms with E-state index in [0.29, 0.717) is 0 Å². The van der Waals surface area contributed by atoms with E-state index in [1.807, 2.05) is 0 Å². The average molecular weight is 736 g/mol. The van der Waals surface area contributed by atoms with E-state index in [-0.39, 0.29) is 143 Å². The molecule has 0 aromatic carbocycles. The number of hydrogen-bond acceptors (Lipinski definition) is 12. The fraction of sp³-hybridized carbons (Fsp3) is 0. The van der Waals surface area contributed by atoms with Crippen LogP contribution in [0, 0.1) is 98.8 Å². The van der Waals surface area contributed by atoms with Gasteiger partial charge in [-0.2, -0.15) is 0 Å². The minimum atomic E-state index is -5.17. The SMILES string of the molecule is O.O.O.O.O.O.O.O.O=S(=O)([O-])[O-].O=S(=O)([O-])[O-].O=S(=O)([O-])[O-].[Eu+3].[Eu+3]. The molecule has 0 aliphatic heterocycles. The first-order valence-corrected chi connectivity index (χ1v) is 6.00. The minimum Gasteiger partial charge on any atom is -0.759 e. The maximum atomic E-state index is 8.52. The maximum absolute atomic E-state index is 8.52. The van der Waals surface area contributed by atoms with E-state index in [9.17, 15) is 0 Å². The predicted octanol–water partition coefficient (Wildman–Crippen LogP) is -10.6. The summed E-state index contributed by atoms with van der Waals surface area (Å²) in [6, 6.07) is 0. The molecule has 0 aliphatic rings. The summed E-state index contributed by atoms with van der Waals surface area (Å²) in [7, 11) is -15.5. The summed E-state index contributed by atoms with van der Waals surface area (Å²) in [6.45, 7) is 0. The zero-order valence-electron chi connectivity index (χ0n) is 10.9. The molecule has 25 heavy (non-hydrogen) atoms. The van der Waals surface area contributed by atoms with Gasteiger partial charge in [-0.1, -0.05) is 0 Å². The van der Waals surface area contributed by atoms with Gasteiger partial charge in [0.05, 0.1) is 0 Å². The van der Waals surface area contributed by atoms with Crippen LogP contribution in [0.2, 0.25) is 0 Å². The molecule has 0 saturated carbocycles. The Morgan fingerprint density at radius 2 is 0.320 bits per heavy atom. The van der Waals surface area contributed by atoms with Gasteiger partial charge in [-0.25, -0.2) is 0 Å². The van der Waals surface area contributed by atoms with Crippen LogP contribution in [0.5, 0.6) is 0 Å². The summed E-state index contributed by atoms with van der Waals surface area (Å²) in [4.78, 5) is 0. The fourth-order valence-electron chi connectivity index (χ4n) is 0. The third-order valence-corrected chi connectivity index (χ3v) is 0. The van der Waals surface area contributed by atoms with Crippen LogP contribution in [-0.4, -0.2) is 96.4 Å². The van der Waals surface area contributed by atoms with Crippen LogP contribution < -0.4 is 0 Å². The number of hydrogen-bond donors (Lipinski definition) is 0. The van der Waals surface area contributed by atoms with Gasteiger partial charge in [-0.05, 0) is 0 Å². The third kappa shape index (κ3) is 2620. The van der Waals surface area contributed by atoms with Gasteiger partial charge in [0.25, 0.3) is 0 Å². The second kappa shape index (κ2) is 41.0. The molecule has 25 heteroatoms. The van der Waals surface area contributed by atoms with Crippen molar-refractivity contribution in [3.63, 3.8) is 0 Å². The third-order valence-electron chi connectivity index (χ3n) is 0. The second-order valence-corrected chi connectivity index (χ2v) is 3.67. The van der Waals surface area contributed by atoms with Gasteiger partial charge >= 0.3 is 98.8 Å².